The monoisotopic (exact) mass is 346 g/mol. The molecule has 0 saturated heterocycles. The topological polar surface area (TPSA) is 55.1 Å². The molecule has 1 heterocycles. The van der Waals surface area contributed by atoms with Crippen LogP contribution < -0.4 is 0 Å². The second-order valence-electron chi connectivity index (χ2n) is 5.43. The lowest BCUT2D eigenvalue weighted by Gasteiger charge is -2.14. The summed E-state index contributed by atoms with van der Waals surface area (Å²) in [5.74, 6) is -0.885. The Morgan fingerprint density at radius 3 is 2.60 bits per heavy atom. The summed E-state index contributed by atoms with van der Waals surface area (Å²) in [7, 11) is 0. The highest BCUT2D eigenvalue weighted by Gasteiger charge is 2.34. The third kappa shape index (κ3) is 3.55. The van der Waals surface area contributed by atoms with Crippen LogP contribution in [0.4, 0.5) is 13.2 Å². The van der Waals surface area contributed by atoms with Gasteiger partial charge in [-0.25, -0.2) is 9.78 Å². The van der Waals surface area contributed by atoms with Gasteiger partial charge in [0.2, 0.25) is 0 Å². The van der Waals surface area contributed by atoms with Gasteiger partial charge in [0, 0.05) is 24.5 Å². The SMILES string of the molecule is O=C(O)c1cccc(Cn2ccnc2-c2ccccc2C(F)(F)F)c1. The summed E-state index contributed by atoms with van der Waals surface area (Å²) in [5, 5.41) is 9.05. The Labute approximate surface area is 141 Å². The predicted octanol–water partition coefficient (Wildman–Crippen LogP) is 4.32. The van der Waals surface area contributed by atoms with E-state index in [4.69, 9.17) is 5.11 Å². The number of halogens is 3. The van der Waals surface area contributed by atoms with Crippen molar-refractivity contribution in [1.82, 2.24) is 9.55 Å². The fourth-order valence-electron chi connectivity index (χ4n) is 2.61. The highest BCUT2D eigenvalue weighted by molar-refractivity contribution is 5.87. The van der Waals surface area contributed by atoms with Gasteiger partial charge in [0.25, 0.3) is 0 Å². The van der Waals surface area contributed by atoms with E-state index in [1.807, 2.05) is 0 Å². The van der Waals surface area contributed by atoms with Gasteiger partial charge < -0.3 is 9.67 Å². The Morgan fingerprint density at radius 1 is 1.12 bits per heavy atom. The number of rotatable bonds is 4. The standard InChI is InChI=1S/C18H13F3N2O2/c19-18(20,21)15-7-2-1-6-14(15)16-22-8-9-23(16)11-12-4-3-5-13(10-12)17(24)25/h1-10H,11H2,(H,24,25). The van der Waals surface area contributed by atoms with Crippen LogP contribution in [0.3, 0.4) is 0 Å². The van der Waals surface area contributed by atoms with Crippen LogP contribution in [0, 0.1) is 0 Å². The molecule has 0 radical (unpaired) electrons. The molecule has 0 aliphatic rings. The molecule has 0 amide bonds. The number of hydrogen-bond acceptors (Lipinski definition) is 2. The van der Waals surface area contributed by atoms with E-state index in [-0.39, 0.29) is 23.5 Å². The first-order valence-corrected chi connectivity index (χ1v) is 7.36. The van der Waals surface area contributed by atoms with Crippen molar-refractivity contribution >= 4 is 5.97 Å². The lowest BCUT2D eigenvalue weighted by Crippen LogP contribution is -2.10. The summed E-state index contributed by atoms with van der Waals surface area (Å²) in [5.41, 5.74) is -0.00498. The number of aromatic carboxylic acids is 1. The molecule has 2 aromatic carbocycles. The van der Waals surface area contributed by atoms with Crippen LogP contribution in [-0.2, 0) is 12.7 Å². The van der Waals surface area contributed by atoms with Gasteiger partial charge in [-0.05, 0) is 23.8 Å². The molecule has 0 fully saturated rings. The average Bonchev–Trinajstić information content (AvgIpc) is 3.02. The van der Waals surface area contributed by atoms with Crippen LogP contribution in [0.15, 0.2) is 60.9 Å². The molecule has 0 spiro atoms. The van der Waals surface area contributed by atoms with E-state index in [1.165, 1.54) is 36.5 Å². The molecular weight excluding hydrogens is 333 g/mol. The van der Waals surface area contributed by atoms with E-state index < -0.39 is 17.7 Å². The maximum Gasteiger partial charge on any atom is 0.417 e. The molecule has 0 bridgehead atoms. The molecule has 4 nitrogen and oxygen atoms in total. The van der Waals surface area contributed by atoms with E-state index in [9.17, 15) is 18.0 Å². The fourth-order valence-corrected chi connectivity index (χ4v) is 2.61. The molecule has 0 saturated carbocycles. The van der Waals surface area contributed by atoms with Gasteiger partial charge in [-0.15, -0.1) is 0 Å². The van der Waals surface area contributed by atoms with Crippen molar-refractivity contribution in [2.24, 2.45) is 0 Å². The Hall–Kier alpha value is -3.09. The van der Waals surface area contributed by atoms with E-state index >= 15 is 0 Å². The van der Waals surface area contributed by atoms with Crippen LogP contribution in [0.2, 0.25) is 0 Å². The van der Waals surface area contributed by atoms with E-state index in [2.05, 4.69) is 4.98 Å². The van der Waals surface area contributed by atoms with Gasteiger partial charge in [-0.3, -0.25) is 0 Å². The normalized spacial score (nSPS) is 11.5. The summed E-state index contributed by atoms with van der Waals surface area (Å²) in [6, 6.07) is 11.5. The van der Waals surface area contributed by atoms with Crippen molar-refractivity contribution in [1.29, 1.82) is 0 Å². The third-order valence-electron chi connectivity index (χ3n) is 3.72. The van der Waals surface area contributed by atoms with Crippen molar-refractivity contribution in [3.63, 3.8) is 0 Å². The molecule has 0 aliphatic carbocycles. The zero-order valence-electron chi connectivity index (χ0n) is 12.9. The summed E-state index contributed by atoms with van der Waals surface area (Å²) < 4.78 is 41.3. The summed E-state index contributed by atoms with van der Waals surface area (Å²) in [6.07, 6.45) is -1.50. The quantitative estimate of drug-likeness (QED) is 0.766. The van der Waals surface area contributed by atoms with Crippen LogP contribution in [0.5, 0.6) is 0 Å². The minimum atomic E-state index is -4.49. The van der Waals surface area contributed by atoms with E-state index in [0.29, 0.717) is 5.56 Å². The van der Waals surface area contributed by atoms with E-state index in [0.717, 1.165) is 6.07 Å². The van der Waals surface area contributed by atoms with Crippen LogP contribution in [-0.4, -0.2) is 20.6 Å². The van der Waals surface area contributed by atoms with Gasteiger partial charge in [-0.2, -0.15) is 13.2 Å². The lowest BCUT2D eigenvalue weighted by atomic mass is 10.1. The Balaban J connectivity index is 2.00. The van der Waals surface area contributed by atoms with Gasteiger partial charge >= 0.3 is 12.1 Å². The zero-order chi connectivity index (χ0) is 18.0. The lowest BCUT2D eigenvalue weighted by molar-refractivity contribution is -0.137. The fraction of sp³-hybridized carbons (Fsp3) is 0.111. The molecular formula is C18H13F3N2O2. The Kier molecular flexibility index (Phi) is 4.31. The molecule has 1 aromatic heterocycles. The molecule has 25 heavy (non-hydrogen) atoms. The number of benzene rings is 2. The summed E-state index contributed by atoms with van der Waals surface area (Å²) in [6.45, 7) is 0.211. The van der Waals surface area contributed by atoms with Gasteiger partial charge in [0.15, 0.2) is 0 Å². The number of carboxylic acids is 1. The zero-order valence-corrected chi connectivity index (χ0v) is 12.9. The number of hydrogen-bond donors (Lipinski definition) is 1. The van der Waals surface area contributed by atoms with Crippen LogP contribution >= 0.6 is 0 Å². The second-order valence-corrected chi connectivity index (χ2v) is 5.43. The van der Waals surface area contributed by atoms with Crippen molar-refractivity contribution in [2.75, 3.05) is 0 Å². The largest absolute Gasteiger partial charge is 0.478 e. The van der Waals surface area contributed by atoms with Crippen LogP contribution in [0.1, 0.15) is 21.5 Å². The average molecular weight is 346 g/mol. The van der Waals surface area contributed by atoms with Gasteiger partial charge in [0.05, 0.1) is 11.1 Å². The molecule has 3 rings (SSSR count). The van der Waals surface area contributed by atoms with Gasteiger partial charge in [0.1, 0.15) is 5.82 Å². The first-order valence-electron chi connectivity index (χ1n) is 7.36. The van der Waals surface area contributed by atoms with Crippen LogP contribution in [0.25, 0.3) is 11.4 Å². The third-order valence-corrected chi connectivity index (χ3v) is 3.72. The number of carbonyl (C=O) groups is 1. The number of imidazole rings is 1. The van der Waals surface area contributed by atoms with Crippen molar-refractivity contribution in [3.05, 3.63) is 77.6 Å². The first kappa shape index (κ1) is 16.8. The van der Waals surface area contributed by atoms with Crippen molar-refractivity contribution in [2.45, 2.75) is 12.7 Å². The smallest absolute Gasteiger partial charge is 0.417 e. The number of nitrogens with zero attached hydrogens (tertiary/aromatic N) is 2. The molecule has 128 valence electrons. The minimum absolute atomic E-state index is 0.0191. The summed E-state index contributed by atoms with van der Waals surface area (Å²) in [4.78, 5) is 15.1. The van der Waals surface area contributed by atoms with Crippen molar-refractivity contribution < 1.29 is 23.1 Å². The predicted molar refractivity (Wildman–Crippen MR) is 85.2 cm³/mol. The Bertz CT molecular complexity index is 916. The molecule has 0 atom stereocenters. The molecule has 0 unspecified atom stereocenters. The number of carboxylic acid groups (broad SMARTS) is 1. The second kappa shape index (κ2) is 6.43. The Morgan fingerprint density at radius 2 is 1.88 bits per heavy atom. The minimum Gasteiger partial charge on any atom is -0.478 e. The van der Waals surface area contributed by atoms with Crippen molar-refractivity contribution in [3.8, 4) is 11.4 Å². The highest BCUT2D eigenvalue weighted by Crippen LogP contribution is 2.36. The van der Waals surface area contributed by atoms with Gasteiger partial charge in [-0.1, -0.05) is 30.3 Å². The molecule has 1 N–H and O–H groups in total. The van der Waals surface area contributed by atoms with E-state index in [1.54, 1.807) is 22.9 Å². The first-order chi connectivity index (χ1) is 11.9. The molecule has 3 aromatic rings. The highest BCUT2D eigenvalue weighted by atomic mass is 19.4. The molecule has 7 heteroatoms. The number of aromatic nitrogens is 2. The summed E-state index contributed by atoms with van der Waals surface area (Å²) >= 11 is 0. The maximum atomic E-state index is 13.2. The molecule has 0 aliphatic heterocycles. The number of alkyl halides is 3. The maximum absolute atomic E-state index is 13.2.